The molecule has 21 heavy (non-hydrogen) atoms. The summed E-state index contributed by atoms with van der Waals surface area (Å²) < 4.78 is 1.54. The van der Waals surface area contributed by atoms with Crippen molar-refractivity contribution < 1.29 is 4.79 Å². The predicted octanol–water partition coefficient (Wildman–Crippen LogP) is 1.48. The van der Waals surface area contributed by atoms with Crippen LogP contribution < -0.4 is 10.2 Å². The molecule has 1 amide bonds. The highest BCUT2D eigenvalue weighted by atomic mass is 16.2. The van der Waals surface area contributed by atoms with Gasteiger partial charge in [-0.25, -0.2) is 9.67 Å². The molecule has 2 atom stereocenters. The van der Waals surface area contributed by atoms with Crippen molar-refractivity contribution in [3.05, 3.63) is 43.0 Å². The Hall–Kier alpha value is -2.37. The van der Waals surface area contributed by atoms with Crippen molar-refractivity contribution >= 4 is 11.6 Å². The summed E-state index contributed by atoms with van der Waals surface area (Å²) >= 11 is 0. The molecule has 0 aliphatic heterocycles. The van der Waals surface area contributed by atoms with E-state index in [0.717, 1.165) is 5.69 Å². The zero-order chi connectivity index (χ0) is 15.2. The zero-order valence-corrected chi connectivity index (χ0v) is 12.6. The lowest BCUT2D eigenvalue weighted by Gasteiger charge is -2.27. The number of rotatable bonds is 6. The highest BCUT2D eigenvalue weighted by Crippen LogP contribution is 2.13. The molecule has 0 fully saturated rings. The Morgan fingerprint density at radius 3 is 2.67 bits per heavy atom. The molecule has 2 rings (SSSR count). The van der Waals surface area contributed by atoms with Gasteiger partial charge in [-0.3, -0.25) is 4.79 Å². The number of carbonyl (C=O) groups is 1. The van der Waals surface area contributed by atoms with Crippen molar-refractivity contribution in [2.24, 2.45) is 0 Å². The first kappa shape index (κ1) is 15.0. The molecular weight excluding hydrogens is 266 g/mol. The van der Waals surface area contributed by atoms with Crippen molar-refractivity contribution in [2.75, 3.05) is 18.5 Å². The van der Waals surface area contributed by atoms with Crippen LogP contribution in [0.25, 0.3) is 0 Å². The molecule has 0 spiro atoms. The minimum atomic E-state index is -0.360. The summed E-state index contributed by atoms with van der Waals surface area (Å²) in [6.45, 7) is 4.45. The van der Waals surface area contributed by atoms with Gasteiger partial charge in [0.1, 0.15) is 18.7 Å². The van der Waals surface area contributed by atoms with Crippen LogP contribution >= 0.6 is 0 Å². The van der Waals surface area contributed by atoms with Crippen LogP contribution in [-0.4, -0.2) is 40.3 Å². The number of nitrogens with zero attached hydrogens (tertiary/aromatic N) is 4. The van der Waals surface area contributed by atoms with Crippen LogP contribution in [0.5, 0.6) is 0 Å². The van der Waals surface area contributed by atoms with Gasteiger partial charge in [0, 0.05) is 25.3 Å². The lowest BCUT2D eigenvalue weighted by atomic mass is 10.2. The van der Waals surface area contributed by atoms with Crippen LogP contribution in [0.1, 0.15) is 19.9 Å². The van der Waals surface area contributed by atoms with Crippen LogP contribution in [-0.2, 0) is 4.79 Å². The van der Waals surface area contributed by atoms with Gasteiger partial charge in [-0.1, -0.05) is 18.2 Å². The van der Waals surface area contributed by atoms with E-state index in [9.17, 15) is 4.79 Å². The number of hydrogen-bond acceptors (Lipinski definition) is 4. The van der Waals surface area contributed by atoms with E-state index in [0.29, 0.717) is 6.54 Å². The molecule has 0 aliphatic rings. The van der Waals surface area contributed by atoms with E-state index in [1.54, 1.807) is 17.9 Å². The average molecular weight is 287 g/mol. The Kier molecular flexibility index (Phi) is 4.92. The van der Waals surface area contributed by atoms with Crippen molar-refractivity contribution in [2.45, 2.75) is 25.9 Å². The Balaban J connectivity index is 1.86. The quantitative estimate of drug-likeness (QED) is 0.874. The average Bonchev–Trinajstić information content (AvgIpc) is 3.06. The normalized spacial score (nSPS) is 13.5. The number of para-hydroxylation sites is 1. The summed E-state index contributed by atoms with van der Waals surface area (Å²) in [5.41, 5.74) is 1.13. The molecule has 0 aliphatic carbocycles. The minimum absolute atomic E-state index is 0.0613. The maximum Gasteiger partial charge on any atom is 0.244 e. The fraction of sp³-hybridized carbons (Fsp3) is 0.400. The van der Waals surface area contributed by atoms with Gasteiger partial charge in [0.15, 0.2) is 0 Å². The van der Waals surface area contributed by atoms with Gasteiger partial charge >= 0.3 is 0 Å². The molecule has 6 heteroatoms. The Morgan fingerprint density at radius 1 is 1.33 bits per heavy atom. The summed E-state index contributed by atoms with van der Waals surface area (Å²) in [6, 6.07) is 9.94. The molecule has 112 valence electrons. The fourth-order valence-corrected chi connectivity index (χ4v) is 1.99. The third-order valence-corrected chi connectivity index (χ3v) is 3.61. The van der Waals surface area contributed by atoms with Crippen LogP contribution in [0.4, 0.5) is 5.69 Å². The second-order valence-corrected chi connectivity index (χ2v) is 5.09. The molecule has 0 unspecified atom stereocenters. The summed E-state index contributed by atoms with van der Waals surface area (Å²) in [6.07, 6.45) is 2.97. The smallest absolute Gasteiger partial charge is 0.244 e. The minimum Gasteiger partial charge on any atom is -0.370 e. The Labute approximate surface area is 124 Å². The molecular formula is C15H21N5O. The van der Waals surface area contributed by atoms with Gasteiger partial charge < -0.3 is 10.2 Å². The predicted molar refractivity (Wildman–Crippen MR) is 82.0 cm³/mol. The number of likely N-dealkylation sites (N-methyl/N-ethyl adjacent to an activating group) is 1. The van der Waals surface area contributed by atoms with Gasteiger partial charge in [-0.05, 0) is 26.0 Å². The topological polar surface area (TPSA) is 63.1 Å². The second-order valence-electron chi connectivity index (χ2n) is 5.09. The SMILES string of the molecule is C[C@H](CNC(=O)[C@H](C)n1cncn1)N(C)c1ccccc1. The number of anilines is 1. The van der Waals surface area contributed by atoms with E-state index >= 15 is 0 Å². The van der Waals surface area contributed by atoms with Crippen LogP contribution in [0.2, 0.25) is 0 Å². The number of benzene rings is 1. The summed E-state index contributed by atoms with van der Waals surface area (Å²) in [5, 5.41) is 6.93. The van der Waals surface area contributed by atoms with Gasteiger partial charge in [0.25, 0.3) is 0 Å². The molecule has 0 saturated heterocycles. The molecule has 1 N–H and O–H groups in total. The third kappa shape index (κ3) is 3.81. The molecule has 1 aromatic carbocycles. The molecule has 1 aromatic heterocycles. The van der Waals surface area contributed by atoms with E-state index in [1.807, 2.05) is 25.2 Å². The first-order chi connectivity index (χ1) is 10.1. The summed E-state index contributed by atoms with van der Waals surface area (Å²) in [4.78, 5) is 18.1. The van der Waals surface area contributed by atoms with Gasteiger partial charge in [0.05, 0.1) is 0 Å². The van der Waals surface area contributed by atoms with Crippen molar-refractivity contribution in [3.63, 3.8) is 0 Å². The first-order valence-electron chi connectivity index (χ1n) is 6.99. The van der Waals surface area contributed by atoms with E-state index in [2.05, 4.69) is 39.4 Å². The van der Waals surface area contributed by atoms with Crippen molar-refractivity contribution in [3.8, 4) is 0 Å². The molecule has 0 bridgehead atoms. The summed E-state index contributed by atoms with van der Waals surface area (Å²) in [7, 11) is 2.02. The molecule has 1 heterocycles. The van der Waals surface area contributed by atoms with Gasteiger partial charge in [-0.2, -0.15) is 5.10 Å². The Morgan fingerprint density at radius 2 is 2.05 bits per heavy atom. The standard InChI is InChI=1S/C15H21N5O/c1-12(19(3)14-7-5-4-6-8-14)9-17-15(21)13(2)20-11-16-10-18-20/h4-8,10-13H,9H2,1-3H3,(H,17,21)/t12-,13+/m1/s1. The monoisotopic (exact) mass is 287 g/mol. The number of nitrogens with one attached hydrogen (secondary N) is 1. The lowest BCUT2D eigenvalue weighted by molar-refractivity contribution is -0.124. The van der Waals surface area contributed by atoms with Crippen LogP contribution in [0.3, 0.4) is 0 Å². The highest BCUT2D eigenvalue weighted by Gasteiger charge is 2.17. The van der Waals surface area contributed by atoms with Gasteiger partial charge in [0.2, 0.25) is 5.91 Å². The molecule has 0 radical (unpaired) electrons. The molecule has 2 aromatic rings. The third-order valence-electron chi connectivity index (χ3n) is 3.61. The zero-order valence-electron chi connectivity index (χ0n) is 12.6. The van der Waals surface area contributed by atoms with E-state index in [1.165, 1.54) is 6.33 Å². The van der Waals surface area contributed by atoms with Crippen LogP contribution in [0.15, 0.2) is 43.0 Å². The van der Waals surface area contributed by atoms with Crippen molar-refractivity contribution in [1.82, 2.24) is 20.1 Å². The fourth-order valence-electron chi connectivity index (χ4n) is 1.99. The maximum absolute atomic E-state index is 12.1. The maximum atomic E-state index is 12.1. The van der Waals surface area contributed by atoms with E-state index in [-0.39, 0.29) is 18.0 Å². The van der Waals surface area contributed by atoms with Crippen molar-refractivity contribution in [1.29, 1.82) is 0 Å². The van der Waals surface area contributed by atoms with E-state index < -0.39 is 0 Å². The largest absolute Gasteiger partial charge is 0.370 e. The highest BCUT2D eigenvalue weighted by molar-refractivity contribution is 5.79. The molecule has 6 nitrogen and oxygen atoms in total. The number of amides is 1. The van der Waals surface area contributed by atoms with Crippen LogP contribution in [0, 0.1) is 0 Å². The number of hydrogen-bond donors (Lipinski definition) is 1. The number of aromatic nitrogens is 3. The number of carbonyl (C=O) groups excluding carboxylic acids is 1. The Bertz CT molecular complexity index is 555. The summed E-state index contributed by atoms with van der Waals surface area (Å²) in [5.74, 6) is -0.0613. The molecule has 0 saturated carbocycles. The second kappa shape index (κ2) is 6.88. The van der Waals surface area contributed by atoms with E-state index in [4.69, 9.17) is 0 Å². The van der Waals surface area contributed by atoms with Gasteiger partial charge in [-0.15, -0.1) is 0 Å². The lowest BCUT2D eigenvalue weighted by Crippen LogP contribution is -2.42. The first-order valence-corrected chi connectivity index (χ1v) is 6.99.